The summed E-state index contributed by atoms with van der Waals surface area (Å²) in [5.41, 5.74) is 1.20. The minimum Gasteiger partial charge on any atom is -0.425 e. The van der Waals surface area contributed by atoms with Crippen molar-refractivity contribution >= 4 is 17.6 Å². The number of hydrogen-bond donors (Lipinski definition) is 0. The van der Waals surface area contributed by atoms with Crippen molar-refractivity contribution in [2.75, 3.05) is 5.88 Å². The lowest BCUT2D eigenvalue weighted by atomic mass is 9.72. The Hall–Kier alpha value is -1.80. The molecule has 0 saturated heterocycles. The van der Waals surface area contributed by atoms with Crippen LogP contribution in [0.3, 0.4) is 0 Å². The Morgan fingerprint density at radius 1 is 1.00 bits per heavy atom. The Balaban J connectivity index is 2.18. The van der Waals surface area contributed by atoms with E-state index in [0.29, 0.717) is 18.1 Å². The predicted molar refractivity (Wildman–Crippen MR) is 79.3 cm³/mol. The third kappa shape index (κ3) is 1.92. The van der Waals surface area contributed by atoms with Gasteiger partial charge in [0.05, 0.1) is 0 Å². The molecule has 2 aromatic rings. The predicted octanol–water partition coefficient (Wildman–Crippen LogP) is 3.91. The van der Waals surface area contributed by atoms with Gasteiger partial charge in [-0.05, 0) is 24.5 Å². The number of para-hydroxylation sites is 1. The van der Waals surface area contributed by atoms with Crippen LogP contribution in [-0.2, 0) is 10.2 Å². The van der Waals surface area contributed by atoms with Gasteiger partial charge < -0.3 is 4.74 Å². The molecule has 3 rings (SSSR count). The Morgan fingerprint density at radius 2 is 1.70 bits per heavy atom. The highest BCUT2D eigenvalue weighted by molar-refractivity contribution is 6.17. The summed E-state index contributed by atoms with van der Waals surface area (Å²) in [6, 6.07) is 17.5. The number of halogens is 1. The van der Waals surface area contributed by atoms with E-state index >= 15 is 0 Å². The molecule has 2 aromatic carbocycles. The fraction of sp³-hybridized carbons (Fsp3) is 0.235. The maximum absolute atomic E-state index is 12.6. The van der Waals surface area contributed by atoms with Crippen molar-refractivity contribution in [3.8, 4) is 5.75 Å². The van der Waals surface area contributed by atoms with E-state index in [1.165, 1.54) is 0 Å². The third-order valence-corrected chi connectivity index (χ3v) is 4.12. The molecule has 0 N–H and O–H groups in total. The standard InChI is InChI=1S/C17H15ClO2/c18-12-6-11-17(13-7-2-1-3-8-13)14-9-4-5-10-15(14)20-16(17)19/h1-5,7-10H,6,11-12H2. The highest BCUT2D eigenvalue weighted by Crippen LogP contribution is 2.47. The summed E-state index contributed by atoms with van der Waals surface area (Å²) in [5, 5.41) is 0. The molecule has 0 fully saturated rings. The van der Waals surface area contributed by atoms with Gasteiger partial charge in [-0.1, -0.05) is 48.5 Å². The second-order valence-corrected chi connectivity index (χ2v) is 5.33. The van der Waals surface area contributed by atoms with Gasteiger partial charge in [-0.3, -0.25) is 4.79 Å². The van der Waals surface area contributed by atoms with Crippen molar-refractivity contribution in [3.05, 3.63) is 65.7 Å². The van der Waals surface area contributed by atoms with Crippen LogP contribution >= 0.6 is 11.6 Å². The first-order valence-electron chi connectivity index (χ1n) is 6.72. The lowest BCUT2D eigenvalue weighted by molar-refractivity contribution is -0.137. The molecule has 20 heavy (non-hydrogen) atoms. The molecule has 1 aliphatic rings. The van der Waals surface area contributed by atoms with Gasteiger partial charge in [-0.15, -0.1) is 11.6 Å². The van der Waals surface area contributed by atoms with Crippen molar-refractivity contribution in [1.29, 1.82) is 0 Å². The van der Waals surface area contributed by atoms with Crippen LogP contribution in [-0.4, -0.2) is 11.8 Å². The number of carbonyl (C=O) groups is 1. The van der Waals surface area contributed by atoms with E-state index in [2.05, 4.69) is 0 Å². The summed E-state index contributed by atoms with van der Waals surface area (Å²) in [6.07, 6.45) is 1.43. The molecular formula is C17H15ClO2. The van der Waals surface area contributed by atoms with Crippen LogP contribution in [0.25, 0.3) is 0 Å². The van der Waals surface area contributed by atoms with Gasteiger partial charge in [0.25, 0.3) is 0 Å². The summed E-state index contributed by atoms with van der Waals surface area (Å²) in [4.78, 5) is 12.6. The van der Waals surface area contributed by atoms with Crippen LogP contribution in [0.5, 0.6) is 5.75 Å². The SMILES string of the molecule is O=C1Oc2ccccc2C1(CCCCl)c1ccccc1. The van der Waals surface area contributed by atoms with Crippen LogP contribution < -0.4 is 4.74 Å². The van der Waals surface area contributed by atoms with E-state index in [1.54, 1.807) is 0 Å². The second-order valence-electron chi connectivity index (χ2n) is 4.95. The fourth-order valence-corrected chi connectivity index (χ4v) is 3.05. The Labute approximate surface area is 123 Å². The maximum Gasteiger partial charge on any atom is 0.326 e. The van der Waals surface area contributed by atoms with E-state index in [9.17, 15) is 4.79 Å². The average Bonchev–Trinajstić information content (AvgIpc) is 2.79. The van der Waals surface area contributed by atoms with Crippen LogP contribution in [0.15, 0.2) is 54.6 Å². The minimum atomic E-state index is -0.716. The Bertz CT molecular complexity index is 624. The Kier molecular flexibility index (Phi) is 3.49. The molecule has 3 heteroatoms. The summed E-state index contributed by atoms with van der Waals surface area (Å²) in [7, 11) is 0. The number of carbonyl (C=O) groups excluding carboxylic acids is 1. The number of alkyl halides is 1. The number of rotatable bonds is 4. The first-order chi connectivity index (χ1) is 9.79. The van der Waals surface area contributed by atoms with Gasteiger partial charge >= 0.3 is 5.97 Å². The van der Waals surface area contributed by atoms with Gasteiger partial charge in [0.15, 0.2) is 0 Å². The van der Waals surface area contributed by atoms with Gasteiger partial charge in [0.1, 0.15) is 11.2 Å². The number of esters is 1. The maximum atomic E-state index is 12.6. The van der Waals surface area contributed by atoms with Crippen molar-refractivity contribution in [3.63, 3.8) is 0 Å². The third-order valence-electron chi connectivity index (χ3n) is 3.85. The molecule has 1 unspecified atom stereocenters. The van der Waals surface area contributed by atoms with Gasteiger partial charge in [0.2, 0.25) is 0 Å². The van der Waals surface area contributed by atoms with Crippen molar-refractivity contribution in [2.45, 2.75) is 18.3 Å². The number of ether oxygens (including phenoxy) is 1. The topological polar surface area (TPSA) is 26.3 Å². The molecule has 0 spiro atoms. The van der Waals surface area contributed by atoms with Crippen molar-refractivity contribution in [1.82, 2.24) is 0 Å². The molecule has 0 aromatic heterocycles. The van der Waals surface area contributed by atoms with Crippen molar-refractivity contribution in [2.24, 2.45) is 0 Å². The van der Waals surface area contributed by atoms with Gasteiger partial charge in [-0.25, -0.2) is 0 Å². The Morgan fingerprint density at radius 3 is 2.45 bits per heavy atom. The summed E-state index contributed by atoms with van der Waals surface area (Å²) < 4.78 is 5.49. The molecule has 2 nitrogen and oxygen atoms in total. The summed E-state index contributed by atoms with van der Waals surface area (Å²) in [5.74, 6) is 0.996. The fourth-order valence-electron chi connectivity index (χ4n) is 2.91. The zero-order valence-electron chi connectivity index (χ0n) is 11.0. The van der Waals surface area contributed by atoms with E-state index in [1.807, 2.05) is 54.6 Å². The number of hydrogen-bond acceptors (Lipinski definition) is 2. The second kappa shape index (κ2) is 5.29. The smallest absolute Gasteiger partial charge is 0.326 e. The normalized spacial score (nSPS) is 20.6. The van der Waals surface area contributed by atoms with E-state index in [0.717, 1.165) is 17.5 Å². The largest absolute Gasteiger partial charge is 0.425 e. The lowest BCUT2D eigenvalue weighted by Crippen LogP contribution is -2.35. The first kappa shape index (κ1) is 13.2. The van der Waals surface area contributed by atoms with E-state index < -0.39 is 5.41 Å². The van der Waals surface area contributed by atoms with Crippen LogP contribution in [0.2, 0.25) is 0 Å². The summed E-state index contributed by atoms with van der Waals surface area (Å²) >= 11 is 5.85. The molecule has 0 saturated carbocycles. The minimum absolute atomic E-state index is 0.199. The molecular weight excluding hydrogens is 272 g/mol. The van der Waals surface area contributed by atoms with Gasteiger partial charge in [-0.2, -0.15) is 0 Å². The van der Waals surface area contributed by atoms with Crippen LogP contribution in [0.4, 0.5) is 0 Å². The quantitative estimate of drug-likeness (QED) is 0.484. The zero-order chi connectivity index (χ0) is 14.0. The lowest BCUT2D eigenvalue weighted by Gasteiger charge is -2.26. The van der Waals surface area contributed by atoms with E-state index in [-0.39, 0.29) is 5.97 Å². The molecule has 102 valence electrons. The zero-order valence-corrected chi connectivity index (χ0v) is 11.8. The molecule has 1 atom stereocenters. The molecule has 0 aliphatic carbocycles. The molecule has 1 aliphatic heterocycles. The highest BCUT2D eigenvalue weighted by Gasteiger charge is 2.49. The van der Waals surface area contributed by atoms with Crippen molar-refractivity contribution < 1.29 is 9.53 Å². The molecule has 1 heterocycles. The molecule has 0 amide bonds. The molecule has 0 bridgehead atoms. The van der Waals surface area contributed by atoms with Crippen LogP contribution in [0.1, 0.15) is 24.0 Å². The first-order valence-corrected chi connectivity index (χ1v) is 7.26. The number of benzene rings is 2. The van der Waals surface area contributed by atoms with Crippen LogP contribution in [0, 0.1) is 0 Å². The number of fused-ring (bicyclic) bond motifs is 1. The van der Waals surface area contributed by atoms with E-state index in [4.69, 9.17) is 16.3 Å². The van der Waals surface area contributed by atoms with Gasteiger partial charge in [0, 0.05) is 11.4 Å². The molecule has 0 radical (unpaired) electrons. The monoisotopic (exact) mass is 286 g/mol. The average molecular weight is 287 g/mol. The highest BCUT2D eigenvalue weighted by atomic mass is 35.5. The summed E-state index contributed by atoms with van der Waals surface area (Å²) in [6.45, 7) is 0.